The molecule has 2 aliphatic rings. The van der Waals surface area contributed by atoms with Gasteiger partial charge in [0.1, 0.15) is 0 Å². The first-order valence-electron chi connectivity index (χ1n) is 19.5. The maximum atomic E-state index is 10.2. The van der Waals surface area contributed by atoms with Gasteiger partial charge in [0.05, 0.1) is 48.0 Å². The van der Waals surface area contributed by atoms with E-state index in [1.165, 1.54) is 5.56 Å². The molecule has 286 valence electrons. The molecule has 0 spiro atoms. The van der Waals surface area contributed by atoms with Gasteiger partial charge in [-0.25, -0.2) is 9.97 Å². The quantitative estimate of drug-likeness (QED) is 0.131. The van der Waals surface area contributed by atoms with Crippen LogP contribution in [0.3, 0.4) is 0 Å². The third kappa shape index (κ3) is 7.34. The van der Waals surface area contributed by atoms with Crippen molar-refractivity contribution in [3.63, 3.8) is 0 Å². The number of aliphatic hydroxyl groups excluding tert-OH is 3. The van der Waals surface area contributed by atoms with E-state index in [0.29, 0.717) is 5.56 Å². The Balaban J connectivity index is 0.00000484. The Labute approximate surface area is 356 Å². The summed E-state index contributed by atoms with van der Waals surface area (Å²) >= 11 is 0. The van der Waals surface area contributed by atoms with Crippen molar-refractivity contribution in [1.82, 2.24) is 19.9 Å². The van der Waals surface area contributed by atoms with Crippen molar-refractivity contribution in [3.8, 4) is 44.5 Å². The van der Waals surface area contributed by atoms with Gasteiger partial charge in [0.25, 0.3) is 0 Å². The number of hydrogen-bond donors (Lipinski definition) is 3. The molecule has 0 fully saturated rings. The molecule has 0 amide bonds. The fraction of sp³-hybridized carbons (Fsp3) is 0.137. The fourth-order valence-corrected chi connectivity index (χ4v) is 7.85. The van der Waals surface area contributed by atoms with Crippen LogP contribution in [0, 0.1) is 20.8 Å². The molecule has 4 aromatic carbocycles. The molecule has 59 heavy (non-hydrogen) atoms. The van der Waals surface area contributed by atoms with Crippen molar-refractivity contribution < 1.29 is 34.8 Å². The van der Waals surface area contributed by atoms with Crippen LogP contribution in [0.2, 0.25) is 0 Å². The van der Waals surface area contributed by atoms with Crippen LogP contribution >= 0.6 is 0 Å². The summed E-state index contributed by atoms with van der Waals surface area (Å²) in [4.78, 5) is 21.4. The molecule has 3 N–H and O–H groups in total. The predicted octanol–water partition coefficient (Wildman–Crippen LogP) is 9.72. The zero-order chi connectivity index (χ0) is 40.0. The van der Waals surface area contributed by atoms with E-state index in [0.717, 1.165) is 100 Å². The van der Waals surface area contributed by atoms with E-state index in [-0.39, 0.29) is 19.5 Å². The molecule has 0 radical (unpaired) electrons. The first kappa shape index (κ1) is 39.8. The Morgan fingerprint density at radius 1 is 0.390 bits per heavy atom. The molecule has 3 aromatic heterocycles. The number of aliphatic hydroxyl groups is 3. The Hall–Kier alpha value is -6.02. The minimum absolute atomic E-state index is 0. The molecule has 0 atom stereocenters. The van der Waals surface area contributed by atoms with E-state index in [1.807, 2.05) is 48.6 Å². The van der Waals surface area contributed by atoms with Gasteiger partial charge in [-0.3, -0.25) is 0 Å². The number of benzene rings is 4. The summed E-state index contributed by atoms with van der Waals surface area (Å²) < 4.78 is 0. The maximum Gasteiger partial charge on any atom is 2.00 e. The van der Waals surface area contributed by atoms with E-state index in [1.54, 1.807) is 0 Å². The summed E-state index contributed by atoms with van der Waals surface area (Å²) in [6.07, 6.45) is 8.22. The monoisotopic (exact) mass is 822 g/mol. The normalized spacial score (nSPS) is 12.2. The number of rotatable bonds is 8. The van der Waals surface area contributed by atoms with Crippen LogP contribution in [0.15, 0.2) is 121 Å². The molecule has 0 saturated heterocycles. The van der Waals surface area contributed by atoms with Gasteiger partial charge in [-0.2, -0.15) is 0 Å². The summed E-state index contributed by atoms with van der Waals surface area (Å²) in [7, 11) is 0. The molecule has 8 heteroatoms. The summed E-state index contributed by atoms with van der Waals surface area (Å²) in [6, 6.07) is 41.2. The van der Waals surface area contributed by atoms with Crippen LogP contribution < -0.4 is 9.97 Å². The standard InChI is InChI=1S/C51H42N4O3.Zn/c1-31-4-10-34(11-5-31)47-39-20-22-41(52-39)48(35-12-6-32(2)7-13-35)43-24-26-45(54-43)50(37-16-18-38(19-17-37)51(28-56,29-57)30-58)46-27-25-44(55-46)49(42-23-21-40(47)53-42)36-14-8-33(3)9-15-36;/h4-27,56-58H,28-30H2,1-3H3;/q-2;+2. The first-order chi connectivity index (χ1) is 28.3. The number of aryl methyl sites for hydroxylation is 3. The Bertz CT molecular complexity index is 2850. The van der Waals surface area contributed by atoms with Gasteiger partial charge in [0, 0.05) is 0 Å². The Morgan fingerprint density at radius 2 is 0.644 bits per heavy atom. The van der Waals surface area contributed by atoms with Crippen molar-refractivity contribution in [2.24, 2.45) is 0 Å². The van der Waals surface area contributed by atoms with Crippen LogP contribution in [-0.4, -0.2) is 45.1 Å². The van der Waals surface area contributed by atoms with Crippen LogP contribution in [0.1, 0.15) is 45.0 Å². The van der Waals surface area contributed by atoms with Crippen LogP contribution in [0.5, 0.6) is 0 Å². The van der Waals surface area contributed by atoms with Gasteiger partial charge in [-0.15, -0.1) is 22.1 Å². The fourth-order valence-electron chi connectivity index (χ4n) is 7.85. The van der Waals surface area contributed by atoms with Crippen molar-refractivity contribution >= 4 is 46.4 Å². The number of hydrogen-bond acceptors (Lipinski definition) is 5. The molecule has 0 unspecified atom stereocenters. The van der Waals surface area contributed by atoms with Gasteiger partial charge in [-0.05, 0) is 95.1 Å². The zero-order valence-electron chi connectivity index (χ0n) is 33.3. The Kier molecular flexibility index (Phi) is 11.0. The van der Waals surface area contributed by atoms with E-state index in [4.69, 9.17) is 19.9 Å². The van der Waals surface area contributed by atoms with E-state index in [2.05, 4.69) is 118 Å². The van der Waals surface area contributed by atoms with Gasteiger partial charge < -0.3 is 25.3 Å². The third-order valence-electron chi connectivity index (χ3n) is 11.3. The van der Waals surface area contributed by atoms with Crippen LogP contribution in [-0.2, 0) is 24.9 Å². The molecule has 2 aliphatic heterocycles. The van der Waals surface area contributed by atoms with Crippen LogP contribution in [0.25, 0.3) is 90.9 Å². The Morgan fingerprint density at radius 3 is 0.898 bits per heavy atom. The largest absolute Gasteiger partial charge is 2.00 e. The predicted molar refractivity (Wildman–Crippen MR) is 236 cm³/mol. The molecule has 5 heterocycles. The molecular weight excluding hydrogens is 782 g/mol. The van der Waals surface area contributed by atoms with Gasteiger partial charge in [0.15, 0.2) is 0 Å². The second-order valence-electron chi connectivity index (χ2n) is 15.3. The summed E-state index contributed by atoms with van der Waals surface area (Å²) in [5, 5.41) is 30.6. The van der Waals surface area contributed by atoms with Gasteiger partial charge in [0.2, 0.25) is 0 Å². The van der Waals surface area contributed by atoms with E-state index in [9.17, 15) is 15.3 Å². The van der Waals surface area contributed by atoms with Crippen molar-refractivity contribution in [2.75, 3.05) is 19.8 Å². The van der Waals surface area contributed by atoms with Crippen molar-refractivity contribution in [2.45, 2.75) is 26.2 Å². The van der Waals surface area contributed by atoms with Crippen molar-refractivity contribution in [1.29, 1.82) is 0 Å². The molecule has 9 rings (SSSR count). The third-order valence-corrected chi connectivity index (χ3v) is 11.3. The molecule has 0 saturated carbocycles. The minimum Gasteiger partial charge on any atom is -0.657 e. The molecule has 7 aromatic rings. The zero-order valence-corrected chi connectivity index (χ0v) is 36.3. The minimum atomic E-state index is -1.18. The second kappa shape index (κ2) is 16.3. The number of aromatic nitrogens is 4. The summed E-state index contributed by atoms with van der Waals surface area (Å²) in [5.41, 5.74) is 16.6. The smallest absolute Gasteiger partial charge is 0.657 e. The average Bonchev–Trinajstić information content (AvgIpc) is 4.09. The van der Waals surface area contributed by atoms with Gasteiger partial charge in [-0.1, -0.05) is 138 Å². The molecule has 8 bridgehead atoms. The summed E-state index contributed by atoms with van der Waals surface area (Å²) in [5.74, 6) is 0. The second-order valence-corrected chi connectivity index (χ2v) is 15.3. The molecule has 7 nitrogen and oxygen atoms in total. The molecule has 0 aliphatic carbocycles. The first-order valence-corrected chi connectivity index (χ1v) is 19.5. The number of fused-ring (bicyclic) bond motifs is 8. The average molecular weight is 824 g/mol. The number of nitrogens with zero attached hydrogens (tertiary/aromatic N) is 4. The molecular formula is C51H42N4O3Zn. The van der Waals surface area contributed by atoms with E-state index >= 15 is 0 Å². The summed E-state index contributed by atoms with van der Waals surface area (Å²) in [6.45, 7) is 5.06. The van der Waals surface area contributed by atoms with Gasteiger partial charge >= 0.3 is 19.5 Å². The van der Waals surface area contributed by atoms with Crippen LogP contribution in [0.4, 0.5) is 0 Å². The van der Waals surface area contributed by atoms with Crippen molar-refractivity contribution in [3.05, 3.63) is 166 Å². The topological polar surface area (TPSA) is 115 Å². The van der Waals surface area contributed by atoms with E-state index < -0.39 is 25.2 Å². The SMILES string of the molecule is Cc1ccc(-c2c3nc(c(-c4ccc(C)cc4)c4ccc([n-]4)c(-c4ccc(C(CO)(CO)CO)cc4)c4nc(c(-c5ccc(C)cc5)c5ccc2[n-]5)C=C4)C=C3)cc1.[Zn+2]. The maximum absolute atomic E-state index is 10.2.